The molecule has 0 aliphatic carbocycles. The van der Waals surface area contributed by atoms with Gasteiger partial charge in [-0.2, -0.15) is 0 Å². The van der Waals surface area contributed by atoms with Gasteiger partial charge in [-0.1, -0.05) is 0 Å². The van der Waals surface area contributed by atoms with Crippen molar-refractivity contribution in [3.63, 3.8) is 0 Å². The molecule has 56 valence electrons. The van der Waals surface area contributed by atoms with E-state index in [1.165, 1.54) is 13.0 Å². The molecule has 1 unspecified atom stereocenters. The lowest BCUT2D eigenvalue weighted by Crippen LogP contribution is -2.26. The summed E-state index contributed by atoms with van der Waals surface area (Å²) in [6.07, 6.45) is 1.17. The number of nitrogens with zero attached hydrogens (tertiary/aromatic N) is 1. The van der Waals surface area contributed by atoms with E-state index in [2.05, 4.69) is 4.90 Å². The average molecular weight is 160 g/mol. The van der Waals surface area contributed by atoms with Gasteiger partial charge in [0, 0.05) is 19.0 Å². The van der Waals surface area contributed by atoms with E-state index in [9.17, 15) is 4.79 Å². The zero-order valence-corrected chi connectivity index (χ0v) is 6.47. The van der Waals surface area contributed by atoms with E-state index in [0.717, 1.165) is 13.1 Å². The van der Waals surface area contributed by atoms with E-state index >= 15 is 0 Å². The first-order valence-electron chi connectivity index (χ1n) is 3.69. The molecule has 2 rings (SSSR count). The van der Waals surface area contributed by atoms with Gasteiger partial charge >= 0.3 is 0 Å². The quantitative estimate of drug-likeness (QED) is 0.525. The Kier molecular flexibility index (Phi) is 1.46. The second-order valence-corrected chi connectivity index (χ2v) is 3.59. The number of halogens is 1. The van der Waals surface area contributed by atoms with Crippen molar-refractivity contribution in [1.29, 1.82) is 0 Å². The summed E-state index contributed by atoms with van der Waals surface area (Å²) in [5.74, 6) is 0.723. The van der Waals surface area contributed by atoms with Crippen LogP contribution in [0, 0.1) is 11.8 Å². The number of fused-ring (bicyclic) bond motifs is 2. The topological polar surface area (TPSA) is 20.3 Å². The minimum absolute atomic E-state index is 0.132. The summed E-state index contributed by atoms with van der Waals surface area (Å²) in [6.45, 7) is 3.18. The monoisotopic (exact) mass is 159 g/mol. The molecule has 3 heteroatoms. The zero-order chi connectivity index (χ0) is 7.14. The van der Waals surface area contributed by atoms with Crippen LogP contribution >= 0.6 is 11.6 Å². The molecule has 0 aromatic heterocycles. The van der Waals surface area contributed by atoms with Crippen molar-refractivity contribution in [2.75, 3.05) is 19.6 Å². The summed E-state index contributed by atoms with van der Waals surface area (Å²) in [5, 5.41) is -0.132. The molecule has 0 spiro atoms. The molecular weight excluding hydrogens is 150 g/mol. The van der Waals surface area contributed by atoms with Crippen LogP contribution in [0.1, 0.15) is 6.42 Å². The molecular formula is C7H10ClNO. The van der Waals surface area contributed by atoms with Crippen molar-refractivity contribution in [2.45, 2.75) is 6.42 Å². The summed E-state index contributed by atoms with van der Waals surface area (Å²) < 4.78 is 0. The first-order valence-corrected chi connectivity index (χ1v) is 4.07. The van der Waals surface area contributed by atoms with Gasteiger partial charge in [0.05, 0.1) is 0 Å². The fourth-order valence-electron chi connectivity index (χ4n) is 2.04. The van der Waals surface area contributed by atoms with Crippen LogP contribution in [0.5, 0.6) is 0 Å². The van der Waals surface area contributed by atoms with E-state index in [1.54, 1.807) is 0 Å². The third kappa shape index (κ3) is 0.867. The number of rotatable bonds is 1. The van der Waals surface area contributed by atoms with Gasteiger partial charge in [-0.05, 0) is 30.5 Å². The Bertz CT molecular complexity index is 171. The number of carbonyl (C=O) groups excluding carboxylic acids is 1. The molecule has 2 heterocycles. The van der Waals surface area contributed by atoms with Crippen LogP contribution in [0.2, 0.25) is 0 Å². The van der Waals surface area contributed by atoms with E-state index < -0.39 is 0 Å². The van der Waals surface area contributed by atoms with Crippen LogP contribution in [0.15, 0.2) is 0 Å². The van der Waals surface area contributed by atoms with Crippen molar-refractivity contribution in [3.8, 4) is 0 Å². The second kappa shape index (κ2) is 2.21. The molecule has 2 nitrogen and oxygen atoms in total. The van der Waals surface area contributed by atoms with Crippen molar-refractivity contribution in [3.05, 3.63) is 0 Å². The maximum atomic E-state index is 10.8. The average Bonchev–Trinajstić information content (AvgIpc) is 2.44. The molecule has 2 saturated heterocycles. The number of piperidine rings is 1. The summed E-state index contributed by atoms with van der Waals surface area (Å²) in [4.78, 5) is 13.1. The van der Waals surface area contributed by atoms with Crippen LogP contribution in [-0.4, -0.2) is 29.8 Å². The molecule has 10 heavy (non-hydrogen) atoms. The molecule has 2 fully saturated rings. The van der Waals surface area contributed by atoms with Gasteiger partial charge in [0.1, 0.15) is 0 Å². The minimum Gasteiger partial charge on any atom is -0.302 e. The van der Waals surface area contributed by atoms with Crippen LogP contribution in [-0.2, 0) is 4.79 Å². The number of hydrogen-bond donors (Lipinski definition) is 0. The lowest BCUT2D eigenvalue weighted by Gasteiger charge is -2.17. The Morgan fingerprint density at radius 2 is 2.30 bits per heavy atom. The predicted molar refractivity (Wildman–Crippen MR) is 38.9 cm³/mol. The highest BCUT2D eigenvalue weighted by atomic mass is 35.5. The van der Waals surface area contributed by atoms with Crippen molar-refractivity contribution in [1.82, 2.24) is 4.90 Å². The summed E-state index contributed by atoms with van der Waals surface area (Å²) >= 11 is 5.41. The normalized spacial score (nSPS) is 44.3. The number of hydrogen-bond acceptors (Lipinski definition) is 2. The summed E-state index contributed by atoms with van der Waals surface area (Å²) in [7, 11) is 0. The van der Waals surface area contributed by atoms with E-state index in [-0.39, 0.29) is 11.2 Å². The Morgan fingerprint density at radius 3 is 2.60 bits per heavy atom. The maximum absolute atomic E-state index is 10.8. The van der Waals surface area contributed by atoms with E-state index in [4.69, 9.17) is 11.6 Å². The van der Waals surface area contributed by atoms with Gasteiger partial charge in [0.15, 0.2) is 0 Å². The molecule has 0 radical (unpaired) electrons. The Morgan fingerprint density at radius 1 is 1.50 bits per heavy atom. The molecule has 0 N–H and O–H groups in total. The summed E-state index contributed by atoms with van der Waals surface area (Å²) in [5.41, 5.74) is 0. The maximum Gasteiger partial charge on any atom is 0.226 e. The van der Waals surface area contributed by atoms with Gasteiger partial charge in [0.25, 0.3) is 0 Å². The fourth-order valence-corrected chi connectivity index (χ4v) is 2.29. The second-order valence-electron chi connectivity index (χ2n) is 3.22. The van der Waals surface area contributed by atoms with Gasteiger partial charge in [-0.25, -0.2) is 0 Å². The Hall–Kier alpha value is -0.0800. The Labute approximate surface area is 65.1 Å². The molecule has 0 saturated carbocycles. The molecule has 2 bridgehead atoms. The van der Waals surface area contributed by atoms with Crippen LogP contribution in [0.3, 0.4) is 0 Å². The summed E-state index contributed by atoms with van der Waals surface area (Å²) in [6, 6.07) is 0. The highest BCUT2D eigenvalue weighted by Crippen LogP contribution is 2.33. The van der Waals surface area contributed by atoms with Gasteiger partial charge in [-0.3, -0.25) is 4.79 Å². The van der Waals surface area contributed by atoms with Crippen LogP contribution in [0.25, 0.3) is 0 Å². The lowest BCUT2D eigenvalue weighted by molar-refractivity contribution is -0.116. The first kappa shape index (κ1) is 6.62. The molecule has 0 aromatic carbocycles. The van der Waals surface area contributed by atoms with Gasteiger partial charge < -0.3 is 4.90 Å². The molecule has 3 atom stereocenters. The van der Waals surface area contributed by atoms with E-state index in [1.807, 2.05) is 0 Å². The van der Waals surface area contributed by atoms with E-state index in [0.29, 0.717) is 5.92 Å². The zero-order valence-electron chi connectivity index (χ0n) is 5.72. The SMILES string of the molecule is O=C(Cl)[C@H]1CN2CC[C@H]1C2. The predicted octanol–water partition coefficient (Wildman–Crippen LogP) is 0.704. The lowest BCUT2D eigenvalue weighted by atomic mass is 9.94. The first-order chi connectivity index (χ1) is 4.77. The van der Waals surface area contributed by atoms with Gasteiger partial charge in [0.2, 0.25) is 5.24 Å². The highest BCUT2D eigenvalue weighted by molar-refractivity contribution is 6.64. The fraction of sp³-hybridized carbons (Fsp3) is 0.857. The third-order valence-corrected chi connectivity index (χ3v) is 2.90. The number of carbonyl (C=O) groups is 1. The minimum atomic E-state index is -0.132. The van der Waals surface area contributed by atoms with Crippen LogP contribution < -0.4 is 0 Å². The van der Waals surface area contributed by atoms with Crippen molar-refractivity contribution in [2.24, 2.45) is 11.8 Å². The van der Waals surface area contributed by atoms with Gasteiger partial charge in [-0.15, -0.1) is 0 Å². The molecule has 2 aliphatic rings. The van der Waals surface area contributed by atoms with Crippen molar-refractivity contribution < 1.29 is 4.79 Å². The Balaban J connectivity index is 2.08. The smallest absolute Gasteiger partial charge is 0.226 e. The van der Waals surface area contributed by atoms with Crippen LogP contribution in [0.4, 0.5) is 0 Å². The molecule has 2 aliphatic heterocycles. The van der Waals surface area contributed by atoms with Crippen molar-refractivity contribution >= 4 is 16.8 Å². The largest absolute Gasteiger partial charge is 0.302 e. The molecule has 0 aromatic rings. The standard InChI is InChI=1S/C7H10ClNO/c8-7(10)6-4-9-2-1-5(6)3-9/h5-6H,1-4H2/t5-,6-/m0/s1. The molecule has 0 amide bonds. The third-order valence-electron chi connectivity index (χ3n) is 2.62. The highest BCUT2D eigenvalue weighted by Gasteiger charge is 2.40.